The highest BCUT2D eigenvalue weighted by atomic mass is 15.3. The molecule has 3 fully saturated rings. The molecule has 0 unspecified atom stereocenters. The van der Waals surface area contributed by atoms with Gasteiger partial charge in [-0.25, -0.2) is 0 Å². The van der Waals surface area contributed by atoms with Gasteiger partial charge in [-0.05, 0) is 68.7 Å². The molecule has 4 aliphatic rings. The normalized spacial score (nSPS) is 43.9. The summed E-state index contributed by atoms with van der Waals surface area (Å²) >= 11 is 0. The monoisotopic (exact) mass is 282 g/mol. The zero-order valence-electron chi connectivity index (χ0n) is 13.1. The quantitative estimate of drug-likeness (QED) is 0.838. The molecule has 2 heteroatoms. The highest BCUT2D eigenvalue weighted by Crippen LogP contribution is 2.64. The van der Waals surface area contributed by atoms with E-state index in [4.69, 9.17) is 0 Å². The molecule has 0 radical (unpaired) electrons. The van der Waals surface area contributed by atoms with Crippen molar-refractivity contribution in [2.75, 3.05) is 18.4 Å². The zero-order valence-corrected chi connectivity index (χ0v) is 13.1. The number of fused-ring (bicyclic) bond motifs is 2. The van der Waals surface area contributed by atoms with Gasteiger partial charge < -0.3 is 5.32 Å². The third-order valence-corrected chi connectivity index (χ3v) is 7.32. The van der Waals surface area contributed by atoms with Crippen molar-refractivity contribution >= 4 is 5.69 Å². The molecule has 3 heterocycles. The van der Waals surface area contributed by atoms with E-state index in [2.05, 4.69) is 41.4 Å². The van der Waals surface area contributed by atoms with Crippen LogP contribution in [0.15, 0.2) is 24.3 Å². The lowest BCUT2D eigenvalue weighted by molar-refractivity contribution is -0.0196. The summed E-state index contributed by atoms with van der Waals surface area (Å²) in [7, 11) is 0. The van der Waals surface area contributed by atoms with Crippen LogP contribution in [0.4, 0.5) is 5.69 Å². The molecule has 3 aliphatic heterocycles. The Morgan fingerprint density at radius 2 is 2.10 bits per heavy atom. The predicted octanol–water partition coefficient (Wildman–Crippen LogP) is 3.99. The van der Waals surface area contributed by atoms with Gasteiger partial charge in [0.1, 0.15) is 0 Å². The summed E-state index contributed by atoms with van der Waals surface area (Å²) in [4.78, 5) is 2.86. The molecule has 2 saturated heterocycles. The van der Waals surface area contributed by atoms with E-state index in [1.807, 2.05) is 0 Å². The van der Waals surface area contributed by atoms with E-state index < -0.39 is 0 Å². The Kier molecular flexibility index (Phi) is 2.41. The summed E-state index contributed by atoms with van der Waals surface area (Å²) in [5.74, 6) is 0.751. The van der Waals surface area contributed by atoms with Crippen LogP contribution in [0.3, 0.4) is 0 Å². The van der Waals surface area contributed by atoms with Gasteiger partial charge in [0.25, 0.3) is 0 Å². The van der Waals surface area contributed by atoms with Gasteiger partial charge in [0.15, 0.2) is 0 Å². The van der Waals surface area contributed by atoms with Gasteiger partial charge in [-0.2, -0.15) is 0 Å². The topological polar surface area (TPSA) is 15.3 Å². The van der Waals surface area contributed by atoms with Gasteiger partial charge in [0.2, 0.25) is 0 Å². The van der Waals surface area contributed by atoms with E-state index >= 15 is 0 Å². The fourth-order valence-electron chi connectivity index (χ4n) is 6.54. The Balaban J connectivity index is 1.66. The maximum Gasteiger partial charge on any atom is 0.0603 e. The molecule has 4 atom stereocenters. The fourth-order valence-corrected chi connectivity index (χ4v) is 6.54. The highest BCUT2D eigenvalue weighted by molar-refractivity contribution is 5.63. The number of anilines is 1. The molecule has 21 heavy (non-hydrogen) atoms. The van der Waals surface area contributed by atoms with Crippen molar-refractivity contribution in [2.24, 2.45) is 5.41 Å². The van der Waals surface area contributed by atoms with Crippen LogP contribution < -0.4 is 5.32 Å². The van der Waals surface area contributed by atoms with Crippen LogP contribution in [0.5, 0.6) is 0 Å². The van der Waals surface area contributed by atoms with Gasteiger partial charge in [-0.1, -0.05) is 25.1 Å². The summed E-state index contributed by atoms with van der Waals surface area (Å²) in [6.07, 6.45) is 8.39. The minimum Gasteiger partial charge on any atom is -0.377 e. The molecule has 112 valence electrons. The molecule has 0 bridgehead atoms. The first-order valence-electron chi connectivity index (χ1n) is 8.90. The van der Waals surface area contributed by atoms with E-state index in [9.17, 15) is 0 Å². The summed E-state index contributed by atoms with van der Waals surface area (Å²) in [6.45, 7) is 5.09. The largest absolute Gasteiger partial charge is 0.377 e. The summed E-state index contributed by atoms with van der Waals surface area (Å²) in [5.41, 5.74) is 3.97. The molecule has 1 spiro atoms. The number of piperidine rings is 2. The fraction of sp³-hybridized carbons (Fsp3) is 0.684. The number of para-hydroxylation sites is 1. The summed E-state index contributed by atoms with van der Waals surface area (Å²) < 4.78 is 0. The van der Waals surface area contributed by atoms with Crippen molar-refractivity contribution < 1.29 is 0 Å². The smallest absolute Gasteiger partial charge is 0.0603 e. The van der Waals surface area contributed by atoms with Crippen LogP contribution in [-0.2, 0) is 0 Å². The minimum atomic E-state index is 0.346. The molecule has 1 saturated carbocycles. The van der Waals surface area contributed by atoms with Crippen LogP contribution in [0.25, 0.3) is 0 Å². The standard InChI is InChI=1S/C19H26N2/c1-2-18-9-5-12-21-13-8-15-14-6-3-4-7-16(14)20-19(15,11-10-18)17(18)21/h3-4,6-7,15,17,20H,2,5,8-13H2,1H3/t15-,17-,18-,19+/m1/s1. The molecule has 0 aromatic heterocycles. The molecular formula is C19H26N2. The SMILES string of the molecule is CC[C@@]12CCCN3CC[C@@H]4c5ccccc5N[C@]4(CC1)[C@H]32. The van der Waals surface area contributed by atoms with Crippen molar-refractivity contribution in [1.82, 2.24) is 4.90 Å². The van der Waals surface area contributed by atoms with Gasteiger partial charge in [0, 0.05) is 17.6 Å². The molecule has 1 aromatic carbocycles. The van der Waals surface area contributed by atoms with Crippen LogP contribution in [0.2, 0.25) is 0 Å². The predicted molar refractivity (Wildman–Crippen MR) is 86.7 cm³/mol. The van der Waals surface area contributed by atoms with Gasteiger partial charge >= 0.3 is 0 Å². The number of nitrogens with one attached hydrogen (secondary N) is 1. The van der Waals surface area contributed by atoms with E-state index in [0.29, 0.717) is 11.0 Å². The van der Waals surface area contributed by atoms with Gasteiger partial charge in [0.05, 0.1) is 5.54 Å². The molecule has 1 N–H and O–H groups in total. The second kappa shape index (κ2) is 4.04. The number of rotatable bonds is 1. The lowest BCUT2D eigenvalue weighted by atomic mass is 9.64. The zero-order chi connectivity index (χ0) is 14.1. The summed E-state index contributed by atoms with van der Waals surface area (Å²) in [6, 6.07) is 9.89. The van der Waals surface area contributed by atoms with Gasteiger partial charge in [-0.15, -0.1) is 0 Å². The molecule has 2 nitrogen and oxygen atoms in total. The number of hydrogen-bond donors (Lipinski definition) is 1. The molecule has 5 rings (SSSR count). The average molecular weight is 282 g/mol. The lowest BCUT2D eigenvalue weighted by Crippen LogP contribution is -2.65. The first kappa shape index (κ1) is 12.5. The van der Waals surface area contributed by atoms with E-state index in [1.54, 1.807) is 5.56 Å². The Labute approximate surface area is 127 Å². The third-order valence-electron chi connectivity index (χ3n) is 7.32. The number of nitrogens with zero attached hydrogens (tertiary/aromatic N) is 1. The van der Waals surface area contributed by atoms with E-state index in [1.165, 1.54) is 57.3 Å². The van der Waals surface area contributed by atoms with Crippen LogP contribution in [0.1, 0.15) is 56.9 Å². The van der Waals surface area contributed by atoms with Crippen LogP contribution in [0, 0.1) is 5.41 Å². The Bertz CT molecular complexity index is 583. The van der Waals surface area contributed by atoms with Crippen molar-refractivity contribution in [2.45, 2.75) is 62.9 Å². The first-order chi connectivity index (χ1) is 10.3. The summed E-state index contributed by atoms with van der Waals surface area (Å²) in [5, 5.41) is 4.06. The van der Waals surface area contributed by atoms with Crippen LogP contribution >= 0.6 is 0 Å². The average Bonchev–Trinajstić information content (AvgIpc) is 3.04. The van der Waals surface area contributed by atoms with Crippen molar-refractivity contribution in [3.05, 3.63) is 29.8 Å². The number of hydrogen-bond acceptors (Lipinski definition) is 2. The molecule has 0 amide bonds. The lowest BCUT2D eigenvalue weighted by Gasteiger charge is -2.56. The van der Waals surface area contributed by atoms with Gasteiger partial charge in [-0.3, -0.25) is 4.90 Å². The molecular weight excluding hydrogens is 256 g/mol. The third kappa shape index (κ3) is 1.38. The van der Waals surface area contributed by atoms with E-state index in [0.717, 1.165) is 12.0 Å². The van der Waals surface area contributed by atoms with E-state index in [-0.39, 0.29) is 0 Å². The maximum absolute atomic E-state index is 4.06. The second-order valence-electron chi connectivity index (χ2n) is 7.85. The van der Waals surface area contributed by atoms with Crippen LogP contribution in [-0.4, -0.2) is 29.6 Å². The van der Waals surface area contributed by atoms with Crippen molar-refractivity contribution in [3.63, 3.8) is 0 Å². The molecule has 1 aliphatic carbocycles. The van der Waals surface area contributed by atoms with Crippen molar-refractivity contribution in [3.8, 4) is 0 Å². The minimum absolute atomic E-state index is 0.346. The Hall–Kier alpha value is -1.02. The Morgan fingerprint density at radius 1 is 1.19 bits per heavy atom. The Morgan fingerprint density at radius 3 is 3.00 bits per heavy atom. The highest BCUT2D eigenvalue weighted by Gasteiger charge is 2.65. The first-order valence-corrected chi connectivity index (χ1v) is 8.90. The maximum atomic E-state index is 4.06. The molecule has 1 aromatic rings. The second-order valence-corrected chi connectivity index (χ2v) is 7.85. The number of benzene rings is 1. The van der Waals surface area contributed by atoms with Crippen molar-refractivity contribution in [1.29, 1.82) is 0 Å².